The van der Waals surface area contributed by atoms with E-state index in [1.807, 2.05) is 11.8 Å². The van der Waals surface area contributed by atoms with Gasteiger partial charge in [-0.25, -0.2) is 0 Å². The summed E-state index contributed by atoms with van der Waals surface area (Å²) in [5.74, 6) is 3.22. The van der Waals surface area contributed by atoms with Gasteiger partial charge < -0.3 is 4.90 Å². The lowest BCUT2D eigenvalue weighted by Gasteiger charge is -2.16. The predicted molar refractivity (Wildman–Crippen MR) is 51.5 cm³/mol. The molecule has 0 aromatic carbocycles. The van der Waals surface area contributed by atoms with E-state index in [1.165, 1.54) is 17.9 Å². The molecule has 0 unspecified atom stereocenters. The van der Waals surface area contributed by atoms with E-state index in [1.54, 1.807) is 0 Å². The summed E-state index contributed by atoms with van der Waals surface area (Å²) in [5, 5.41) is 7.56. The highest BCUT2D eigenvalue weighted by atomic mass is 32.2. The number of nitrogens with zero attached hydrogens (tertiary/aromatic N) is 1. The summed E-state index contributed by atoms with van der Waals surface area (Å²) in [4.78, 5) is 2.20. The van der Waals surface area contributed by atoms with Gasteiger partial charge in [0.1, 0.15) is 0 Å². The smallest absolute Gasteiger partial charge is 0.0958 e. The molecule has 0 radical (unpaired) electrons. The van der Waals surface area contributed by atoms with Crippen LogP contribution in [0.4, 0.5) is 0 Å². The van der Waals surface area contributed by atoms with Gasteiger partial charge in [0.05, 0.1) is 5.84 Å². The lowest BCUT2D eigenvalue weighted by molar-refractivity contribution is 0.480. The summed E-state index contributed by atoms with van der Waals surface area (Å²) < 4.78 is 0. The van der Waals surface area contributed by atoms with E-state index >= 15 is 0 Å². The molecule has 0 spiro atoms. The summed E-state index contributed by atoms with van der Waals surface area (Å²) in [6.45, 7) is 4.38. The minimum absolute atomic E-state index is 0.849. The van der Waals surface area contributed by atoms with E-state index in [-0.39, 0.29) is 0 Å². The number of hydrogen-bond donors (Lipinski definition) is 1. The maximum Gasteiger partial charge on any atom is 0.0958 e. The first-order valence-electron chi connectivity index (χ1n) is 4.24. The van der Waals surface area contributed by atoms with Crippen molar-refractivity contribution in [1.29, 1.82) is 5.41 Å². The highest BCUT2D eigenvalue weighted by molar-refractivity contribution is 7.99. The third-order valence-corrected chi connectivity index (χ3v) is 2.81. The molecule has 0 aromatic heterocycles. The fraction of sp³-hybridized carbons (Fsp3) is 0.875. The summed E-state index contributed by atoms with van der Waals surface area (Å²) in [5.41, 5.74) is 0. The van der Waals surface area contributed by atoms with Crippen LogP contribution in [0.3, 0.4) is 0 Å². The molecule has 64 valence electrons. The van der Waals surface area contributed by atoms with Crippen molar-refractivity contribution in [3.8, 4) is 0 Å². The molecular weight excluding hydrogens is 156 g/mol. The molecule has 0 amide bonds. The van der Waals surface area contributed by atoms with E-state index in [0.29, 0.717) is 0 Å². The van der Waals surface area contributed by atoms with Crippen LogP contribution in [0.2, 0.25) is 0 Å². The summed E-state index contributed by atoms with van der Waals surface area (Å²) in [6.07, 6.45) is 2.19. The second-order valence-electron chi connectivity index (χ2n) is 2.73. The molecule has 0 aliphatic carbocycles. The molecule has 0 bridgehead atoms. The quantitative estimate of drug-likeness (QED) is 0.655. The zero-order valence-electron chi connectivity index (χ0n) is 7.10. The monoisotopic (exact) mass is 172 g/mol. The van der Waals surface area contributed by atoms with Gasteiger partial charge in [0.25, 0.3) is 0 Å². The molecule has 1 aliphatic heterocycles. The van der Waals surface area contributed by atoms with Crippen molar-refractivity contribution in [3.05, 3.63) is 0 Å². The van der Waals surface area contributed by atoms with Crippen LogP contribution in [-0.4, -0.2) is 35.3 Å². The Morgan fingerprint density at radius 2 is 2.45 bits per heavy atom. The number of likely N-dealkylation sites (tertiary alicyclic amines) is 1. The standard InChI is InChI=1S/C8H16N2S/c1-2-11-7-6-10-5-3-4-8(10)9/h9H,2-7H2,1H3. The Labute approximate surface area is 72.9 Å². The molecule has 1 fully saturated rings. The molecule has 1 aliphatic rings. The van der Waals surface area contributed by atoms with Crippen molar-refractivity contribution < 1.29 is 0 Å². The highest BCUT2D eigenvalue weighted by Gasteiger charge is 2.15. The third-order valence-electron chi connectivity index (χ3n) is 1.93. The maximum absolute atomic E-state index is 7.56. The Hall–Kier alpha value is -0.180. The van der Waals surface area contributed by atoms with Gasteiger partial charge in [-0.2, -0.15) is 11.8 Å². The predicted octanol–water partition coefficient (Wildman–Crippen LogP) is 1.81. The van der Waals surface area contributed by atoms with E-state index in [2.05, 4.69) is 11.8 Å². The molecule has 0 saturated carbocycles. The second-order valence-corrected chi connectivity index (χ2v) is 4.13. The first-order valence-corrected chi connectivity index (χ1v) is 5.40. The van der Waals surface area contributed by atoms with E-state index < -0.39 is 0 Å². The first-order chi connectivity index (χ1) is 5.34. The van der Waals surface area contributed by atoms with Gasteiger partial charge >= 0.3 is 0 Å². The van der Waals surface area contributed by atoms with Crippen LogP contribution in [0.1, 0.15) is 19.8 Å². The van der Waals surface area contributed by atoms with Crippen LogP contribution in [0, 0.1) is 5.41 Å². The Bertz CT molecular complexity index is 136. The number of nitrogens with one attached hydrogen (secondary N) is 1. The molecule has 2 nitrogen and oxygen atoms in total. The molecule has 0 aromatic rings. The summed E-state index contributed by atoms with van der Waals surface area (Å²) in [7, 11) is 0. The van der Waals surface area contributed by atoms with Gasteiger partial charge in [0.15, 0.2) is 0 Å². The number of hydrogen-bond acceptors (Lipinski definition) is 2. The van der Waals surface area contributed by atoms with Crippen LogP contribution in [0.5, 0.6) is 0 Å². The largest absolute Gasteiger partial charge is 0.360 e. The minimum atomic E-state index is 0.849. The molecule has 1 N–H and O–H groups in total. The molecule has 11 heavy (non-hydrogen) atoms. The SMILES string of the molecule is CCSCCN1CCCC1=N. The van der Waals surface area contributed by atoms with Crippen LogP contribution in [0.15, 0.2) is 0 Å². The van der Waals surface area contributed by atoms with Crippen LogP contribution < -0.4 is 0 Å². The zero-order valence-corrected chi connectivity index (χ0v) is 7.91. The molecule has 3 heteroatoms. The van der Waals surface area contributed by atoms with Crippen molar-refractivity contribution in [1.82, 2.24) is 4.90 Å². The minimum Gasteiger partial charge on any atom is -0.360 e. The summed E-state index contributed by atoms with van der Waals surface area (Å²) >= 11 is 1.96. The molecule has 1 saturated heterocycles. The Morgan fingerprint density at radius 3 is 3.00 bits per heavy atom. The number of amidine groups is 1. The molecule has 1 rings (SSSR count). The lowest BCUT2D eigenvalue weighted by Crippen LogP contribution is -2.26. The Balaban J connectivity index is 2.10. The molecule has 1 heterocycles. The second kappa shape index (κ2) is 4.65. The summed E-state index contributed by atoms with van der Waals surface area (Å²) in [6, 6.07) is 0. The van der Waals surface area contributed by atoms with Crippen molar-refractivity contribution in [2.45, 2.75) is 19.8 Å². The zero-order chi connectivity index (χ0) is 8.10. The first kappa shape index (κ1) is 8.91. The van der Waals surface area contributed by atoms with Crippen molar-refractivity contribution >= 4 is 17.6 Å². The number of thioether (sulfide) groups is 1. The molecular formula is C8H16N2S. The normalized spacial score (nSPS) is 17.9. The molecule has 0 atom stereocenters. The van der Waals surface area contributed by atoms with Gasteiger partial charge in [-0.15, -0.1) is 0 Å². The lowest BCUT2D eigenvalue weighted by atomic mass is 10.4. The van der Waals surface area contributed by atoms with Crippen LogP contribution in [0.25, 0.3) is 0 Å². The topological polar surface area (TPSA) is 27.1 Å². The van der Waals surface area contributed by atoms with Crippen LogP contribution >= 0.6 is 11.8 Å². The van der Waals surface area contributed by atoms with E-state index in [0.717, 1.165) is 25.3 Å². The number of rotatable bonds is 4. The average molecular weight is 172 g/mol. The third kappa shape index (κ3) is 2.73. The van der Waals surface area contributed by atoms with Crippen molar-refractivity contribution in [2.75, 3.05) is 24.6 Å². The van der Waals surface area contributed by atoms with Gasteiger partial charge in [-0.05, 0) is 12.2 Å². The van der Waals surface area contributed by atoms with Gasteiger partial charge in [0.2, 0.25) is 0 Å². The average Bonchev–Trinajstić information content (AvgIpc) is 2.37. The maximum atomic E-state index is 7.56. The fourth-order valence-electron chi connectivity index (χ4n) is 1.30. The van der Waals surface area contributed by atoms with Crippen LogP contribution in [-0.2, 0) is 0 Å². The van der Waals surface area contributed by atoms with E-state index in [9.17, 15) is 0 Å². The van der Waals surface area contributed by atoms with Crippen molar-refractivity contribution in [3.63, 3.8) is 0 Å². The highest BCUT2D eigenvalue weighted by Crippen LogP contribution is 2.10. The van der Waals surface area contributed by atoms with E-state index in [4.69, 9.17) is 5.41 Å². The van der Waals surface area contributed by atoms with Gasteiger partial charge in [-0.3, -0.25) is 5.41 Å². The van der Waals surface area contributed by atoms with Gasteiger partial charge in [0, 0.05) is 25.3 Å². The van der Waals surface area contributed by atoms with Crippen molar-refractivity contribution in [2.24, 2.45) is 0 Å². The Morgan fingerprint density at radius 1 is 1.64 bits per heavy atom. The Kier molecular flexibility index (Phi) is 3.77. The van der Waals surface area contributed by atoms with Gasteiger partial charge in [-0.1, -0.05) is 6.92 Å². The fourth-order valence-corrected chi connectivity index (χ4v) is 1.93.